The van der Waals surface area contributed by atoms with E-state index in [0.29, 0.717) is 0 Å². The minimum absolute atomic E-state index is 0.0384. The highest BCUT2D eigenvalue weighted by Gasteiger charge is 2.31. The van der Waals surface area contributed by atoms with E-state index in [9.17, 15) is 17.3 Å². The number of rotatable bonds is 3. The van der Waals surface area contributed by atoms with Crippen molar-refractivity contribution < 1.29 is 22.0 Å². The average Bonchev–Trinajstić information content (AvgIpc) is 3.13. The fourth-order valence-electron chi connectivity index (χ4n) is 3.06. The number of hydrogen-bond acceptors (Lipinski definition) is 3. The Balaban J connectivity index is 0.000000461. The summed E-state index contributed by atoms with van der Waals surface area (Å²) in [6.45, 7) is 6.48. The molecule has 2 heterocycles. The number of para-hydroxylation sites is 1. The lowest BCUT2D eigenvalue weighted by Gasteiger charge is -2.25. The summed E-state index contributed by atoms with van der Waals surface area (Å²) in [5, 5.41) is 0. The van der Waals surface area contributed by atoms with Crippen LogP contribution in [0.4, 0.5) is 17.3 Å². The summed E-state index contributed by atoms with van der Waals surface area (Å²) in [4.78, 5) is 2.66. The zero-order chi connectivity index (χ0) is 21.9. The van der Waals surface area contributed by atoms with E-state index >= 15 is 0 Å². The van der Waals surface area contributed by atoms with Gasteiger partial charge < -0.3 is 22.0 Å². The third-order valence-corrected chi connectivity index (χ3v) is 7.73. The molecule has 0 N–H and O–H groups in total. The van der Waals surface area contributed by atoms with E-state index in [-0.39, 0.29) is 6.10 Å². The summed E-state index contributed by atoms with van der Waals surface area (Å²) >= 11 is 7.29. The molecule has 0 radical (unpaired) electrons. The smallest absolute Gasteiger partial charge is 0.479 e. The highest BCUT2D eigenvalue weighted by Crippen LogP contribution is 2.47. The van der Waals surface area contributed by atoms with Crippen LogP contribution in [0.2, 0.25) is 0 Å². The lowest BCUT2D eigenvalue weighted by atomic mass is 10.0. The summed E-state index contributed by atoms with van der Waals surface area (Å²) in [6, 6.07) is 16.8. The number of nitrogens with zero attached hydrogens (tertiary/aromatic N) is 1. The summed E-state index contributed by atoms with van der Waals surface area (Å²) in [5.41, 5.74) is 2.41. The van der Waals surface area contributed by atoms with E-state index < -0.39 is 7.25 Å². The van der Waals surface area contributed by atoms with E-state index in [4.69, 9.17) is 4.74 Å². The van der Waals surface area contributed by atoms with Gasteiger partial charge in [-0.15, -0.1) is 0 Å². The van der Waals surface area contributed by atoms with Gasteiger partial charge in [0.1, 0.15) is 18.8 Å². The maximum Gasteiger partial charge on any atom is 0.673 e. The number of hydrogen-bond donors (Lipinski definition) is 0. The van der Waals surface area contributed by atoms with Crippen LogP contribution in [-0.4, -0.2) is 20.3 Å². The monoisotopic (exact) mass is 519 g/mol. The van der Waals surface area contributed by atoms with Crippen molar-refractivity contribution in [2.45, 2.75) is 20.0 Å². The van der Waals surface area contributed by atoms with Crippen molar-refractivity contribution >= 4 is 45.9 Å². The minimum atomic E-state index is -6.00. The van der Waals surface area contributed by atoms with Crippen LogP contribution in [0.3, 0.4) is 0 Å². The van der Waals surface area contributed by atoms with Crippen LogP contribution in [0.25, 0.3) is 10.4 Å². The molecule has 1 unspecified atom stereocenters. The highest BCUT2D eigenvalue weighted by molar-refractivity contribution is 9.10. The Kier molecular flexibility index (Phi) is 7.41. The Bertz CT molecular complexity index is 1070. The number of fused-ring (bicyclic) bond motifs is 3. The van der Waals surface area contributed by atoms with Gasteiger partial charge in [-0.3, -0.25) is 0 Å². The first-order valence-electron chi connectivity index (χ1n) is 9.31. The van der Waals surface area contributed by atoms with Crippen LogP contribution < -0.4 is 13.3 Å². The summed E-state index contributed by atoms with van der Waals surface area (Å²) in [6.07, 6.45) is -0.0384. The third-order valence-electron chi connectivity index (χ3n) is 4.42. The predicted octanol–water partition coefficient (Wildman–Crippen LogP) is 6.83. The van der Waals surface area contributed by atoms with Gasteiger partial charge in [-0.1, -0.05) is 62.9 Å². The third kappa shape index (κ3) is 5.53. The lowest BCUT2D eigenvalue weighted by molar-refractivity contribution is 0.248. The maximum absolute atomic E-state index is 9.75. The molecule has 4 rings (SSSR count). The fourth-order valence-corrected chi connectivity index (χ4v) is 6.38. The van der Waals surface area contributed by atoms with E-state index in [0.717, 1.165) is 23.3 Å². The van der Waals surface area contributed by atoms with Gasteiger partial charge in [0.15, 0.2) is 6.10 Å². The van der Waals surface area contributed by atoms with Crippen molar-refractivity contribution in [3.63, 3.8) is 0 Å². The molecule has 0 aliphatic carbocycles. The molecule has 0 spiro atoms. The molecule has 2 aromatic carbocycles. The van der Waals surface area contributed by atoms with Gasteiger partial charge in [0, 0.05) is 10.0 Å². The van der Waals surface area contributed by atoms with Crippen LogP contribution in [0.1, 0.15) is 30.4 Å². The normalized spacial score (nSPS) is 14.7. The molecule has 2 nitrogen and oxygen atoms in total. The van der Waals surface area contributed by atoms with Crippen molar-refractivity contribution in [2.75, 3.05) is 13.1 Å². The Morgan fingerprint density at radius 3 is 2.17 bits per heavy atom. The topological polar surface area (TPSA) is 12.2 Å². The molecule has 1 atom stereocenters. The Labute approximate surface area is 188 Å². The van der Waals surface area contributed by atoms with Gasteiger partial charge in [0.2, 0.25) is 0 Å². The van der Waals surface area contributed by atoms with Crippen molar-refractivity contribution in [3.05, 3.63) is 67.4 Å². The number of halogens is 5. The maximum atomic E-state index is 9.75. The van der Waals surface area contributed by atoms with Crippen molar-refractivity contribution in [1.29, 1.82) is 0 Å². The van der Waals surface area contributed by atoms with Gasteiger partial charge in [0.05, 0.1) is 9.75 Å². The van der Waals surface area contributed by atoms with Crippen LogP contribution in [0, 0.1) is 0 Å². The average molecular weight is 520 g/mol. The molecular weight excluding hydrogens is 501 g/mol. The largest absolute Gasteiger partial charge is 0.673 e. The zero-order valence-electron chi connectivity index (χ0n) is 16.2. The van der Waals surface area contributed by atoms with Crippen LogP contribution in [-0.2, 0) is 0 Å². The molecule has 30 heavy (non-hydrogen) atoms. The number of benzene rings is 2. The van der Waals surface area contributed by atoms with Crippen molar-refractivity contribution in [3.8, 4) is 16.2 Å². The second kappa shape index (κ2) is 9.66. The summed E-state index contributed by atoms with van der Waals surface area (Å²) < 4.78 is 50.3. The number of ether oxygens (including phenoxy) is 1. The molecule has 160 valence electrons. The molecule has 1 aliphatic heterocycles. The van der Waals surface area contributed by atoms with Crippen molar-refractivity contribution in [2.24, 2.45) is 0 Å². The molecular formula is C20H19BBrF4NOS2. The molecule has 0 bridgehead atoms. The van der Waals surface area contributed by atoms with Gasteiger partial charge in [-0.2, -0.15) is 0 Å². The first-order valence-corrected chi connectivity index (χ1v) is 11.7. The standard InChI is InChI=1S/C20H19BrNOS2.BF4/c1-3-22(4-2)20-24-18-15-7-5-6-8-16(15)23-17(19(18)25-20)13-9-11-14(21)12-10-13;2-1(3,4)5/h5-12,17H,3-4H2,1-2H3;/q+1;-1. The highest BCUT2D eigenvalue weighted by atomic mass is 79.9. The summed E-state index contributed by atoms with van der Waals surface area (Å²) in [7, 11) is -6.00. The van der Waals surface area contributed by atoms with Gasteiger partial charge >= 0.3 is 11.2 Å². The molecule has 0 amide bonds. The van der Waals surface area contributed by atoms with Crippen LogP contribution >= 0.6 is 38.6 Å². The fraction of sp³-hybridized carbons (Fsp3) is 0.250. The quantitative estimate of drug-likeness (QED) is 0.210. The second-order valence-electron chi connectivity index (χ2n) is 6.38. The summed E-state index contributed by atoms with van der Waals surface area (Å²) in [5.74, 6) is 0.975. The molecule has 0 fully saturated rings. The minimum Gasteiger partial charge on any atom is -0.479 e. The molecule has 3 aromatic rings. The molecule has 0 saturated carbocycles. The van der Waals surface area contributed by atoms with E-state index in [1.807, 2.05) is 28.7 Å². The van der Waals surface area contributed by atoms with Crippen LogP contribution in [0.15, 0.2) is 53.0 Å². The first kappa shape index (κ1) is 23.0. The second-order valence-corrected chi connectivity index (χ2v) is 9.58. The molecule has 10 heteroatoms. The van der Waals surface area contributed by atoms with Gasteiger partial charge in [0.25, 0.3) is 0 Å². The molecule has 0 saturated heterocycles. The Hall–Kier alpha value is -1.65. The lowest BCUT2D eigenvalue weighted by Crippen LogP contribution is -2.25. The SMILES string of the molecule is CC[N+](CC)=c1sc2c(s1)C(c1ccc(Br)cc1)Oc1ccccc1-2.F[B-](F)(F)F. The van der Waals surface area contributed by atoms with E-state index in [2.05, 4.69) is 76.8 Å². The predicted molar refractivity (Wildman–Crippen MR) is 121 cm³/mol. The molecule has 1 aliphatic rings. The zero-order valence-corrected chi connectivity index (χ0v) is 19.5. The Morgan fingerprint density at radius 1 is 0.967 bits per heavy atom. The van der Waals surface area contributed by atoms with Crippen molar-refractivity contribution in [1.82, 2.24) is 4.58 Å². The first-order chi connectivity index (χ1) is 14.2. The van der Waals surface area contributed by atoms with Crippen LogP contribution in [0.5, 0.6) is 5.75 Å². The van der Waals surface area contributed by atoms with Gasteiger partial charge in [-0.05, 0) is 43.7 Å². The van der Waals surface area contributed by atoms with E-state index in [1.54, 1.807) is 0 Å². The molecule has 1 aromatic heterocycles. The Morgan fingerprint density at radius 2 is 1.57 bits per heavy atom. The van der Waals surface area contributed by atoms with E-state index in [1.165, 1.54) is 24.9 Å². The van der Waals surface area contributed by atoms with Gasteiger partial charge in [-0.25, -0.2) is 4.58 Å².